The van der Waals surface area contributed by atoms with Crippen LogP contribution in [0, 0.1) is 0 Å². The van der Waals surface area contributed by atoms with E-state index in [-0.39, 0.29) is 5.91 Å². The molecule has 0 unspecified atom stereocenters. The van der Waals surface area contributed by atoms with Gasteiger partial charge in [0, 0.05) is 23.9 Å². The van der Waals surface area contributed by atoms with Gasteiger partial charge in [0.2, 0.25) is 5.91 Å². The third-order valence-corrected chi connectivity index (χ3v) is 4.37. The molecule has 0 saturated carbocycles. The predicted molar refractivity (Wildman–Crippen MR) is 85.0 cm³/mol. The molecular formula is C15H15N3O4S. The second-order valence-electron chi connectivity index (χ2n) is 4.86. The van der Waals surface area contributed by atoms with E-state index in [0.29, 0.717) is 30.4 Å². The normalized spacial score (nSPS) is 13.9. The molecule has 0 aromatic carbocycles. The predicted octanol–water partition coefficient (Wildman–Crippen LogP) is 2.51. The third-order valence-electron chi connectivity index (χ3n) is 3.37. The van der Waals surface area contributed by atoms with Gasteiger partial charge in [-0.1, -0.05) is 11.3 Å². The van der Waals surface area contributed by atoms with Gasteiger partial charge in [0.1, 0.15) is 5.76 Å². The first-order chi connectivity index (χ1) is 11.2. The number of fused-ring (bicyclic) bond motifs is 1. The van der Waals surface area contributed by atoms with Gasteiger partial charge < -0.3 is 14.1 Å². The van der Waals surface area contributed by atoms with Crippen LogP contribution in [0.25, 0.3) is 6.08 Å². The molecule has 1 aliphatic rings. The first-order valence-corrected chi connectivity index (χ1v) is 7.81. The highest BCUT2D eigenvalue weighted by atomic mass is 32.1. The van der Waals surface area contributed by atoms with E-state index in [4.69, 9.17) is 4.42 Å². The Hall–Kier alpha value is -2.61. The number of carbonyl (C=O) groups is 2. The summed E-state index contributed by atoms with van der Waals surface area (Å²) < 4.78 is 9.71. The smallest absolute Gasteiger partial charge is 0.413 e. The molecule has 23 heavy (non-hydrogen) atoms. The van der Waals surface area contributed by atoms with Gasteiger partial charge in [-0.3, -0.25) is 10.1 Å². The van der Waals surface area contributed by atoms with E-state index in [2.05, 4.69) is 15.0 Å². The number of carbonyl (C=O) groups excluding carboxylic acids is 2. The molecular weight excluding hydrogens is 318 g/mol. The van der Waals surface area contributed by atoms with Crippen LogP contribution >= 0.6 is 11.3 Å². The molecule has 120 valence electrons. The number of thiazole rings is 1. The number of nitrogens with one attached hydrogen (secondary N) is 1. The van der Waals surface area contributed by atoms with E-state index in [0.717, 1.165) is 10.6 Å². The second-order valence-corrected chi connectivity index (χ2v) is 5.95. The lowest BCUT2D eigenvalue weighted by Gasteiger charge is -2.24. The fourth-order valence-corrected chi connectivity index (χ4v) is 3.23. The Bertz CT molecular complexity index is 736. The third kappa shape index (κ3) is 3.59. The molecule has 0 spiro atoms. The monoisotopic (exact) mass is 333 g/mol. The van der Waals surface area contributed by atoms with Crippen molar-refractivity contribution in [2.45, 2.75) is 13.0 Å². The number of ether oxygens (including phenoxy) is 1. The van der Waals surface area contributed by atoms with E-state index in [1.807, 2.05) is 0 Å². The second kappa shape index (κ2) is 6.66. The topological polar surface area (TPSA) is 84.7 Å². The molecule has 1 N–H and O–H groups in total. The molecule has 0 atom stereocenters. The van der Waals surface area contributed by atoms with Gasteiger partial charge in [-0.05, 0) is 18.2 Å². The van der Waals surface area contributed by atoms with Crippen molar-refractivity contribution in [3.8, 4) is 0 Å². The van der Waals surface area contributed by atoms with Crippen molar-refractivity contribution in [3.05, 3.63) is 40.8 Å². The zero-order valence-electron chi connectivity index (χ0n) is 12.4. The summed E-state index contributed by atoms with van der Waals surface area (Å²) in [6.45, 7) is 1.08. The maximum atomic E-state index is 12.2. The first-order valence-electron chi connectivity index (χ1n) is 7.00. The summed E-state index contributed by atoms with van der Waals surface area (Å²) >= 11 is 1.36. The highest BCUT2D eigenvalue weighted by molar-refractivity contribution is 7.15. The minimum absolute atomic E-state index is 0.0806. The van der Waals surface area contributed by atoms with Crippen molar-refractivity contribution in [2.24, 2.45) is 0 Å². The molecule has 2 amide bonds. The number of furan rings is 1. The lowest BCUT2D eigenvalue weighted by molar-refractivity contribution is -0.126. The molecule has 3 rings (SSSR count). The Balaban J connectivity index is 1.65. The average Bonchev–Trinajstić information content (AvgIpc) is 3.20. The number of methoxy groups -OCH3 is 1. The van der Waals surface area contributed by atoms with E-state index < -0.39 is 6.09 Å². The molecule has 0 bridgehead atoms. The zero-order chi connectivity index (χ0) is 16.2. The quantitative estimate of drug-likeness (QED) is 0.873. The summed E-state index contributed by atoms with van der Waals surface area (Å²) in [4.78, 5) is 30.5. The van der Waals surface area contributed by atoms with Crippen molar-refractivity contribution in [1.29, 1.82) is 0 Å². The van der Waals surface area contributed by atoms with Crippen molar-refractivity contribution in [3.63, 3.8) is 0 Å². The number of anilines is 1. The standard InChI is InChI=1S/C15H15N3O4S/c1-21-15(20)17-14-16-11-6-7-18(9-12(11)23-14)13(19)5-4-10-3-2-8-22-10/h2-5,8H,6-7,9H2,1H3,(H,16,17,20)/b5-4+. The van der Waals surface area contributed by atoms with Gasteiger partial charge in [0.15, 0.2) is 5.13 Å². The number of hydrogen-bond donors (Lipinski definition) is 1. The molecule has 2 aromatic heterocycles. The number of rotatable bonds is 3. The van der Waals surface area contributed by atoms with Crippen LogP contribution in [0.1, 0.15) is 16.3 Å². The lowest BCUT2D eigenvalue weighted by atomic mass is 10.2. The summed E-state index contributed by atoms with van der Waals surface area (Å²) in [6, 6.07) is 3.55. The Labute approximate surface area is 136 Å². The maximum Gasteiger partial charge on any atom is 0.413 e. The van der Waals surface area contributed by atoms with Crippen LogP contribution in [0.15, 0.2) is 28.9 Å². The lowest BCUT2D eigenvalue weighted by Crippen LogP contribution is -2.34. The van der Waals surface area contributed by atoms with Crippen molar-refractivity contribution < 1.29 is 18.7 Å². The van der Waals surface area contributed by atoms with E-state index in [1.165, 1.54) is 24.5 Å². The van der Waals surface area contributed by atoms with Crippen LogP contribution in [-0.4, -0.2) is 35.5 Å². The van der Waals surface area contributed by atoms with E-state index >= 15 is 0 Å². The minimum Gasteiger partial charge on any atom is -0.465 e. The summed E-state index contributed by atoms with van der Waals surface area (Å²) in [5.74, 6) is 0.557. The Morgan fingerprint density at radius 1 is 1.52 bits per heavy atom. The fourth-order valence-electron chi connectivity index (χ4n) is 2.22. The van der Waals surface area contributed by atoms with Crippen molar-refractivity contribution in [1.82, 2.24) is 9.88 Å². The van der Waals surface area contributed by atoms with Gasteiger partial charge in [0.05, 0.1) is 25.6 Å². The first kappa shape index (κ1) is 15.3. The SMILES string of the molecule is COC(=O)Nc1nc2c(s1)CN(C(=O)/C=C/c1ccco1)CC2. The summed E-state index contributed by atoms with van der Waals surface area (Å²) in [7, 11) is 1.30. The van der Waals surface area contributed by atoms with Crippen molar-refractivity contribution >= 4 is 34.5 Å². The van der Waals surface area contributed by atoms with Crippen LogP contribution < -0.4 is 5.32 Å². The zero-order valence-corrected chi connectivity index (χ0v) is 13.3. The molecule has 0 fully saturated rings. The number of amides is 2. The summed E-state index contributed by atoms with van der Waals surface area (Å²) in [5, 5.41) is 3.04. The molecule has 3 heterocycles. The Morgan fingerprint density at radius 3 is 3.13 bits per heavy atom. The van der Waals surface area contributed by atoms with Crippen LogP contribution in [0.4, 0.5) is 9.93 Å². The molecule has 0 aliphatic carbocycles. The summed E-state index contributed by atoms with van der Waals surface area (Å²) in [6.07, 6.45) is 4.82. The Morgan fingerprint density at radius 2 is 2.39 bits per heavy atom. The van der Waals surface area contributed by atoms with E-state index in [9.17, 15) is 9.59 Å². The van der Waals surface area contributed by atoms with Gasteiger partial charge in [-0.25, -0.2) is 9.78 Å². The highest BCUT2D eigenvalue weighted by Crippen LogP contribution is 2.28. The molecule has 1 aliphatic heterocycles. The molecule has 2 aromatic rings. The molecule has 8 heteroatoms. The molecule has 7 nitrogen and oxygen atoms in total. The number of nitrogens with zero attached hydrogens (tertiary/aromatic N) is 2. The van der Waals surface area contributed by atoms with Crippen LogP contribution in [-0.2, 0) is 22.5 Å². The number of aromatic nitrogens is 1. The van der Waals surface area contributed by atoms with E-state index in [1.54, 1.807) is 29.4 Å². The largest absolute Gasteiger partial charge is 0.465 e. The Kier molecular flexibility index (Phi) is 4.42. The van der Waals surface area contributed by atoms with Gasteiger partial charge in [-0.2, -0.15) is 0 Å². The van der Waals surface area contributed by atoms with Crippen molar-refractivity contribution in [2.75, 3.05) is 19.0 Å². The van der Waals surface area contributed by atoms with Crippen LogP contribution in [0.2, 0.25) is 0 Å². The molecule has 0 radical (unpaired) electrons. The van der Waals surface area contributed by atoms with Gasteiger partial charge in [-0.15, -0.1) is 0 Å². The summed E-state index contributed by atoms with van der Waals surface area (Å²) in [5.41, 5.74) is 0.917. The maximum absolute atomic E-state index is 12.2. The molecule has 0 saturated heterocycles. The van der Waals surface area contributed by atoms with Crippen LogP contribution in [0.3, 0.4) is 0 Å². The fraction of sp³-hybridized carbons (Fsp3) is 0.267. The minimum atomic E-state index is -0.551. The highest BCUT2D eigenvalue weighted by Gasteiger charge is 2.23. The van der Waals surface area contributed by atoms with Crippen LogP contribution in [0.5, 0.6) is 0 Å². The number of hydrogen-bond acceptors (Lipinski definition) is 6. The average molecular weight is 333 g/mol. The van der Waals surface area contributed by atoms with Gasteiger partial charge >= 0.3 is 6.09 Å². The van der Waals surface area contributed by atoms with Gasteiger partial charge in [0.25, 0.3) is 0 Å².